The fourth-order valence-corrected chi connectivity index (χ4v) is 2.62. The van der Waals surface area contributed by atoms with E-state index in [1.165, 1.54) is 5.56 Å². The Kier molecular flexibility index (Phi) is 6.46. The predicted octanol–water partition coefficient (Wildman–Crippen LogP) is 2.05. The molecule has 2 rings (SSSR count). The van der Waals surface area contributed by atoms with Gasteiger partial charge in [0.25, 0.3) is 0 Å². The molecule has 1 aromatic heterocycles. The molecule has 2 atom stereocenters. The molecule has 0 radical (unpaired) electrons. The van der Waals surface area contributed by atoms with E-state index in [2.05, 4.69) is 29.4 Å². The van der Waals surface area contributed by atoms with Gasteiger partial charge in [-0.05, 0) is 37.5 Å². The molecule has 0 amide bonds. The lowest BCUT2D eigenvalue weighted by Gasteiger charge is -2.18. The number of ketones is 1. The normalized spacial score (nSPS) is 13.5. The fourth-order valence-electron chi connectivity index (χ4n) is 2.62. The second kappa shape index (κ2) is 8.57. The minimum absolute atomic E-state index is 0.165. The highest BCUT2D eigenvalue weighted by atomic mass is 16.3. The highest BCUT2D eigenvalue weighted by Gasteiger charge is 2.10. The number of pyridine rings is 1. The number of rotatable bonds is 8. The van der Waals surface area contributed by atoms with Crippen LogP contribution in [-0.4, -0.2) is 28.5 Å². The van der Waals surface area contributed by atoms with Gasteiger partial charge in [0, 0.05) is 30.8 Å². The molecular weight excluding hydrogens is 302 g/mol. The lowest BCUT2D eigenvalue weighted by Crippen LogP contribution is -2.32. The monoisotopic (exact) mass is 327 g/mol. The molecule has 0 aliphatic heterocycles. The molecule has 0 saturated heterocycles. The van der Waals surface area contributed by atoms with Gasteiger partial charge in [0.2, 0.25) is 0 Å². The number of aromatic nitrogens is 1. The van der Waals surface area contributed by atoms with Gasteiger partial charge in [0.15, 0.2) is 0 Å². The predicted molar refractivity (Wildman–Crippen MR) is 95.6 cm³/mol. The molecule has 0 aliphatic carbocycles. The Morgan fingerprint density at radius 1 is 1.29 bits per heavy atom. The van der Waals surface area contributed by atoms with Gasteiger partial charge in [-0.2, -0.15) is 0 Å². The summed E-state index contributed by atoms with van der Waals surface area (Å²) in [6.07, 6.45) is 2.28. The highest BCUT2D eigenvalue weighted by Crippen LogP contribution is 2.13. The van der Waals surface area contributed by atoms with Gasteiger partial charge in [-0.3, -0.25) is 4.79 Å². The van der Waals surface area contributed by atoms with Crippen molar-refractivity contribution in [1.82, 2.24) is 10.3 Å². The molecular formula is C19H25N3O2. The molecule has 0 aliphatic rings. The van der Waals surface area contributed by atoms with Crippen molar-refractivity contribution in [2.24, 2.45) is 0 Å². The second-order valence-electron chi connectivity index (χ2n) is 6.24. The average molecular weight is 327 g/mol. The maximum absolute atomic E-state index is 11.2. The van der Waals surface area contributed by atoms with E-state index in [0.29, 0.717) is 18.8 Å². The van der Waals surface area contributed by atoms with E-state index in [-0.39, 0.29) is 11.8 Å². The van der Waals surface area contributed by atoms with Crippen LogP contribution in [0.15, 0.2) is 42.6 Å². The Hall–Kier alpha value is -2.24. The smallest absolute Gasteiger partial charge is 0.134 e. The number of nitrogens with one attached hydrogen (secondary N) is 1. The Morgan fingerprint density at radius 3 is 2.71 bits per heavy atom. The quantitative estimate of drug-likeness (QED) is 0.690. The van der Waals surface area contributed by atoms with Crippen LogP contribution in [0.2, 0.25) is 0 Å². The summed E-state index contributed by atoms with van der Waals surface area (Å²) in [5.74, 6) is 0.608. The zero-order chi connectivity index (χ0) is 17.5. The number of benzene rings is 1. The molecule has 24 heavy (non-hydrogen) atoms. The van der Waals surface area contributed by atoms with Crippen LogP contribution in [0.4, 0.5) is 5.82 Å². The van der Waals surface area contributed by atoms with Crippen LogP contribution >= 0.6 is 0 Å². The van der Waals surface area contributed by atoms with Crippen molar-refractivity contribution < 1.29 is 9.90 Å². The van der Waals surface area contributed by atoms with Gasteiger partial charge in [-0.25, -0.2) is 4.98 Å². The maximum atomic E-state index is 11.2. The Morgan fingerprint density at radius 2 is 2.04 bits per heavy atom. The van der Waals surface area contributed by atoms with Crippen LogP contribution in [0.5, 0.6) is 0 Å². The number of aliphatic hydroxyl groups excluding tert-OH is 1. The third-order valence-electron chi connectivity index (χ3n) is 3.84. The van der Waals surface area contributed by atoms with Gasteiger partial charge < -0.3 is 16.2 Å². The minimum Gasteiger partial charge on any atom is -0.387 e. The van der Waals surface area contributed by atoms with Crippen molar-refractivity contribution >= 4 is 11.6 Å². The van der Waals surface area contributed by atoms with E-state index in [1.54, 1.807) is 25.3 Å². The SMILES string of the molecule is CC(=O)Cc1cccc(C[C@@H](C)NC[C@H](O)c2ccc(N)nc2)c1. The lowest BCUT2D eigenvalue weighted by atomic mass is 10.0. The number of Topliss-reactive ketones (excluding diaryl/α,β-unsaturated/α-hetero) is 1. The van der Waals surface area contributed by atoms with E-state index < -0.39 is 6.10 Å². The number of hydrogen-bond donors (Lipinski definition) is 3. The average Bonchev–Trinajstić information content (AvgIpc) is 2.53. The summed E-state index contributed by atoms with van der Waals surface area (Å²) in [7, 11) is 0. The number of carbonyl (C=O) groups excluding carboxylic acids is 1. The van der Waals surface area contributed by atoms with Crippen molar-refractivity contribution in [1.29, 1.82) is 0 Å². The molecule has 1 heterocycles. The number of nitrogens with zero attached hydrogens (tertiary/aromatic N) is 1. The zero-order valence-corrected chi connectivity index (χ0v) is 14.2. The van der Waals surface area contributed by atoms with Crippen LogP contribution in [0.25, 0.3) is 0 Å². The summed E-state index contributed by atoms with van der Waals surface area (Å²) in [5.41, 5.74) is 8.51. The maximum Gasteiger partial charge on any atom is 0.134 e. The second-order valence-corrected chi connectivity index (χ2v) is 6.24. The van der Waals surface area contributed by atoms with Crippen LogP contribution in [-0.2, 0) is 17.6 Å². The summed E-state index contributed by atoms with van der Waals surface area (Å²) in [4.78, 5) is 15.2. The van der Waals surface area contributed by atoms with E-state index in [9.17, 15) is 9.90 Å². The molecule has 0 unspecified atom stereocenters. The summed E-state index contributed by atoms with van der Waals surface area (Å²) in [6.45, 7) is 4.12. The first-order valence-corrected chi connectivity index (χ1v) is 8.14. The van der Waals surface area contributed by atoms with Crippen molar-refractivity contribution in [2.45, 2.75) is 38.8 Å². The standard InChI is InChI=1S/C19H25N3O2/c1-13(8-15-4-3-5-16(10-15)9-14(2)23)21-12-18(24)17-6-7-19(20)22-11-17/h3-7,10-11,13,18,21,24H,8-9,12H2,1-2H3,(H2,20,22)/t13-,18+/m1/s1. The van der Waals surface area contributed by atoms with Crippen LogP contribution in [0.1, 0.15) is 36.6 Å². The third kappa shape index (κ3) is 5.76. The molecule has 0 fully saturated rings. The molecule has 128 valence electrons. The molecule has 0 bridgehead atoms. The van der Waals surface area contributed by atoms with Crippen LogP contribution < -0.4 is 11.1 Å². The Bertz CT molecular complexity index is 671. The molecule has 4 N–H and O–H groups in total. The Balaban J connectivity index is 1.85. The molecule has 1 aromatic carbocycles. The number of anilines is 1. The van der Waals surface area contributed by atoms with Crippen LogP contribution in [0.3, 0.4) is 0 Å². The Labute approximate surface area is 142 Å². The van der Waals surface area contributed by atoms with Crippen LogP contribution in [0, 0.1) is 0 Å². The number of nitrogens with two attached hydrogens (primary N) is 1. The zero-order valence-electron chi connectivity index (χ0n) is 14.2. The van der Waals surface area contributed by atoms with Gasteiger partial charge in [0.05, 0.1) is 6.10 Å². The molecule has 5 nitrogen and oxygen atoms in total. The van der Waals surface area contributed by atoms with Crippen molar-refractivity contribution in [3.05, 3.63) is 59.3 Å². The molecule has 2 aromatic rings. The van der Waals surface area contributed by atoms with E-state index in [1.807, 2.05) is 12.1 Å². The van der Waals surface area contributed by atoms with Gasteiger partial charge in [0.1, 0.15) is 11.6 Å². The van der Waals surface area contributed by atoms with Crippen molar-refractivity contribution in [3.63, 3.8) is 0 Å². The fraction of sp³-hybridized carbons (Fsp3) is 0.368. The lowest BCUT2D eigenvalue weighted by molar-refractivity contribution is -0.116. The summed E-state index contributed by atoms with van der Waals surface area (Å²) in [6, 6.07) is 11.7. The first-order chi connectivity index (χ1) is 11.4. The summed E-state index contributed by atoms with van der Waals surface area (Å²) >= 11 is 0. The first kappa shape index (κ1) is 18.1. The molecule has 0 saturated carbocycles. The largest absolute Gasteiger partial charge is 0.387 e. The first-order valence-electron chi connectivity index (χ1n) is 8.14. The van der Waals surface area contributed by atoms with Gasteiger partial charge in [-0.15, -0.1) is 0 Å². The van der Waals surface area contributed by atoms with E-state index >= 15 is 0 Å². The van der Waals surface area contributed by atoms with E-state index in [4.69, 9.17) is 5.73 Å². The molecule has 5 heteroatoms. The minimum atomic E-state index is -0.621. The molecule has 0 spiro atoms. The number of nitrogen functional groups attached to an aromatic ring is 1. The van der Waals surface area contributed by atoms with Gasteiger partial charge in [-0.1, -0.05) is 30.3 Å². The van der Waals surface area contributed by atoms with Crippen molar-refractivity contribution in [2.75, 3.05) is 12.3 Å². The topological polar surface area (TPSA) is 88.2 Å². The number of aliphatic hydroxyl groups is 1. The van der Waals surface area contributed by atoms with Crippen molar-refractivity contribution in [3.8, 4) is 0 Å². The number of carbonyl (C=O) groups is 1. The summed E-state index contributed by atoms with van der Waals surface area (Å²) in [5, 5.41) is 13.5. The summed E-state index contributed by atoms with van der Waals surface area (Å²) < 4.78 is 0. The van der Waals surface area contributed by atoms with Gasteiger partial charge >= 0.3 is 0 Å². The third-order valence-corrected chi connectivity index (χ3v) is 3.84. The van der Waals surface area contributed by atoms with E-state index in [0.717, 1.165) is 17.5 Å². The number of hydrogen-bond acceptors (Lipinski definition) is 5. The highest BCUT2D eigenvalue weighted by molar-refractivity contribution is 5.78.